The van der Waals surface area contributed by atoms with E-state index in [0.717, 1.165) is 28.2 Å². The zero-order chi connectivity index (χ0) is 19.6. The molecule has 0 radical (unpaired) electrons. The number of rotatable bonds is 4. The lowest BCUT2D eigenvalue weighted by atomic mass is 10.2. The summed E-state index contributed by atoms with van der Waals surface area (Å²) in [6.45, 7) is 3.94. The zero-order valence-corrected chi connectivity index (χ0v) is 15.3. The highest BCUT2D eigenvalue weighted by atomic mass is 32.2. The Morgan fingerprint density at radius 1 is 1.04 bits per heavy atom. The number of halogens is 3. The number of carbonyl (C=O) groups is 1. The lowest BCUT2D eigenvalue weighted by Gasteiger charge is -2.11. The van der Waals surface area contributed by atoms with Crippen molar-refractivity contribution in [2.45, 2.75) is 23.8 Å². The fourth-order valence-electron chi connectivity index (χ4n) is 2.48. The molecule has 0 unspecified atom stereocenters. The van der Waals surface area contributed by atoms with Crippen LogP contribution in [-0.2, 0) is 0 Å². The molecule has 0 saturated carbocycles. The molecule has 0 aliphatic rings. The Bertz CT molecular complexity index is 1020. The van der Waals surface area contributed by atoms with Gasteiger partial charge in [-0.05, 0) is 49.7 Å². The number of nitrogens with one attached hydrogen (secondary N) is 1. The second-order valence-corrected chi connectivity index (χ2v) is 6.93. The number of benzene rings is 2. The van der Waals surface area contributed by atoms with Crippen molar-refractivity contribution in [2.24, 2.45) is 0 Å². The Kier molecular flexibility index (Phi) is 5.51. The second kappa shape index (κ2) is 7.84. The van der Waals surface area contributed by atoms with Gasteiger partial charge in [0, 0.05) is 11.1 Å². The minimum atomic E-state index is -1.64. The van der Waals surface area contributed by atoms with E-state index >= 15 is 0 Å². The number of amides is 1. The molecule has 0 fully saturated rings. The molecule has 3 aromatic rings. The zero-order valence-electron chi connectivity index (χ0n) is 14.5. The van der Waals surface area contributed by atoms with Crippen molar-refractivity contribution in [2.75, 3.05) is 5.32 Å². The molecular weight excluding hydrogens is 373 g/mol. The maximum absolute atomic E-state index is 13.8. The van der Waals surface area contributed by atoms with Crippen molar-refractivity contribution in [1.82, 2.24) is 4.98 Å². The number of hydrogen-bond donors (Lipinski definition) is 1. The van der Waals surface area contributed by atoms with Gasteiger partial charge in [0.1, 0.15) is 5.03 Å². The van der Waals surface area contributed by atoms with Crippen LogP contribution in [0.15, 0.2) is 58.6 Å². The molecule has 138 valence electrons. The summed E-state index contributed by atoms with van der Waals surface area (Å²) in [4.78, 5) is 17.7. The van der Waals surface area contributed by atoms with E-state index in [9.17, 15) is 18.0 Å². The Balaban J connectivity index is 1.89. The Morgan fingerprint density at radius 2 is 1.81 bits per heavy atom. The van der Waals surface area contributed by atoms with E-state index in [0.29, 0.717) is 5.03 Å². The van der Waals surface area contributed by atoms with Crippen LogP contribution in [-0.4, -0.2) is 10.9 Å². The van der Waals surface area contributed by atoms with Gasteiger partial charge in [0.05, 0.1) is 11.3 Å². The molecule has 0 spiro atoms. The minimum Gasteiger partial charge on any atom is -0.319 e. The summed E-state index contributed by atoms with van der Waals surface area (Å²) >= 11 is 1.30. The summed E-state index contributed by atoms with van der Waals surface area (Å²) in [6.07, 6.45) is 1.54. The number of aromatic nitrogens is 1. The number of anilines is 1. The van der Waals surface area contributed by atoms with Crippen molar-refractivity contribution in [3.63, 3.8) is 0 Å². The summed E-state index contributed by atoms with van der Waals surface area (Å²) in [6, 6.07) is 10.7. The lowest BCUT2D eigenvalue weighted by Crippen LogP contribution is -2.15. The molecule has 3 nitrogen and oxygen atoms in total. The van der Waals surface area contributed by atoms with Gasteiger partial charge in [-0.3, -0.25) is 4.79 Å². The van der Waals surface area contributed by atoms with Crippen LogP contribution in [0.25, 0.3) is 0 Å². The highest BCUT2D eigenvalue weighted by Crippen LogP contribution is 2.32. The van der Waals surface area contributed by atoms with Gasteiger partial charge in [0.15, 0.2) is 17.5 Å². The first-order chi connectivity index (χ1) is 12.9. The van der Waals surface area contributed by atoms with Gasteiger partial charge < -0.3 is 5.32 Å². The van der Waals surface area contributed by atoms with E-state index in [1.54, 1.807) is 12.3 Å². The molecule has 1 aromatic heterocycles. The third-order valence-corrected chi connectivity index (χ3v) is 5.03. The minimum absolute atomic E-state index is 0.201. The predicted octanol–water partition coefficient (Wildman–Crippen LogP) is 5.52. The maximum Gasteiger partial charge on any atom is 0.258 e. The molecule has 1 heterocycles. The Morgan fingerprint density at radius 3 is 2.56 bits per heavy atom. The van der Waals surface area contributed by atoms with Crippen molar-refractivity contribution < 1.29 is 18.0 Å². The van der Waals surface area contributed by atoms with Crippen molar-refractivity contribution in [3.8, 4) is 0 Å². The van der Waals surface area contributed by atoms with E-state index in [2.05, 4.69) is 10.3 Å². The van der Waals surface area contributed by atoms with Crippen molar-refractivity contribution >= 4 is 23.4 Å². The number of carbonyl (C=O) groups excluding carboxylic acids is 1. The smallest absolute Gasteiger partial charge is 0.258 e. The van der Waals surface area contributed by atoms with Gasteiger partial charge in [-0.2, -0.15) is 0 Å². The van der Waals surface area contributed by atoms with Crippen LogP contribution in [0.4, 0.5) is 18.9 Å². The molecule has 27 heavy (non-hydrogen) atoms. The molecule has 0 saturated heterocycles. The quantitative estimate of drug-likeness (QED) is 0.599. The molecule has 0 bridgehead atoms. The van der Waals surface area contributed by atoms with Gasteiger partial charge in [-0.25, -0.2) is 18.2 Å². The van der Waals surface area contributed by atoms with Crippen LogP contribution in [0, 0.1) is 31.3 Å². The van der Waals surface area contributed by atoms with E-state index in [1.165, 1.54) is 17.8 Å². The molecule has 1 amide bonds. The van der Waals surface area contributed by atoms with Crippen molar-refractivity contribution in [3.05, 3.63) is 82.8 Å². The molecule has 0 aliphatic carbocycles. The Hall–Kier alpha value is -2.80. The number of pyridine rings is 1. The highest BCUT2D eigenvalue weighted by molar-refractivity contribution is 7.99. The summed E-state index contributed by atoms with van der Waals surface area (Å²) in [7, 11) is 0. The van der Waals surface area contributed by atoms with Crippen LogP contribution >= 0.6 is 11.8 Å². The van der Waals surface area contributed by atoms with E-state index in [4.69, 9.17) is 0 Å². The van der Waals surface area contributed by atoms with Gasteiger partial charge in [0.2, 0.25) is 0 Å². The average Bonchev–Trinajstić information content (AvgIpc) is 2.65. The SMILES string of the molecule is Cc1ccc(Sc2ncccc2C(=O)Nc2ccc(F)c(F)c2F)c(C)c1. The number of aryl methyl sites for hydroxylation is 2. The van der Waals surface area contributed by atoms with Crippen LogP contribution in [0.5, 0.6) is 0 Å². The van der Waals surface area contributed by atoms with E-state index < -0.39 is 29.0 Å². The molecule has 2 aromatic carbocycles. The second-order valence-electron chi connectivity index (χ2n) is 5.90. The first kappa shape index (κ1) is 19.0. The van der Waals surface area contributed by atoms with Gasteiger partial charge in [-0.1, -0.05) is 29.5 Å². The van der Waals surface area contributed by atoms with Crippen LogP contribution in [0.2, 0.25) is 0 Å². The summed E-state index contributed by atoms with van der Waals surface area (Å²) in [5, 5.41) is 2.69. The van der Waals surface area contributed by atoms with Crippen LogP contribution < -0.4 is 5.32 Å². The topological polar surface area (TPSA) is 42.0 Å². The standard InChI is InChI=1S/C20H15F3N2OS/c1-11-5-8-16(12(2)10-11)27-20-13(4-3-9-24-20)19(26)25-15-7-6-14(21)17(22)18(15)23/h3-10H,1-2H3,(H,25,26). The molecule has 3 rings (SSSR count). The third kappa shape index (κ3) is 4.14. The Labute approximate surface area is 158 Å². The highest BCUT2D eigenvalue weighted by Gasteiger charge is 2.19. The maximum atomic E-state index is 13.8. The molecular formula is C20H15F3N2OS. The van der Waals surface area contributed by atoms with E-state index in [-0.39, 0.29) is 5.56 Å². The first-order valence-corrected chi connectivity index (χ1v) is 8.83. The fraction of sp³-hybridized carbons (Fsp3) is 0.100. The van der Waals surface area contributed by atoms with Gasteiger partial charge in [-0.15, -0.1) is 0 Å². The molecule has 0 aliphatic heterocycles. The summed E-state index contributed by atoms with van der Waals surface area (Å²) < 4.78 is 40.2. The monoisotopic (exact) mass is 388 g/mol. The largest absolute Gasteiger partial charge is 0.319 e. The molecule has 7 heteroatoms. The average molecular weight is 388 g/mol. The normalized spacial score (nSPS) is 10.7. The van der Waals surface area contributed by atoms with Gasteiger partial charge >= 0.3 is 0 Å². The molecule has 0 atom stereocenters. The summed E-state index contributed by atoms with van der Waals surface area (Å²) in [5.74, 6) is -5.07. The molecule has 1 N–H and O–H groups in total. The number of hydrogen-bond acceptors (Lipinski definition) is 3. The first-order valence-electron chi connectivity index (χ1n) is 8.02. The van der Waals surface area contributed by atoms with Crippen LogP contribution in [0.3, 0.4) is 0 Å². The lowest BCUT2D eigenvalue weighted by molar-refractivity contribution is 0.102. The fourth-order valence-corrected chi connectivity index (χ4v) is 3.42. The van der Waals surface area contributed by atoms with Crippen molar-refractivity contribution in [1.29, 1.82) is 0 Å². The van der Waals surface area contributed by atoms with Gasteiger partial charge in [0.25, 0.3) is 5.91 Å². The third-order valence-electron chi connectivity index (χ3n) is 3.84. The summed E-state index contributed by atoms with van der Waals surface area (Å²) in [5.41, 5.74) is 1.91. The van der Waals surface area contributed by atoms with E-state index in [1.807, 2.05) is 32.0 Å². The predicted molar refractivity (Wildman–Crippen MR) is 98.5 cm³/mol. The van der Waals surface area contributed by atoms with Crippen LogP contribution in [0.1, 0.15) is 21.5 Å². The number of nitrogens with zero attached hydrogens (tertiary/aromatic N) is 1.